The molecule has 152 valence electrons. The first-order valence-corrected chi connectivity index (χ1v) is 9.60. The van der Waals surface area contributed by atoms with Gasteiger partial charge in [-0.2, -0.15) is 4.98 Å². The number of hydrogen-bond donors (Lipinski definition) is 2. The van der Waals surface area contributed by atoms with Crippen molar-refractivity contribution in [1.82, 2.24) is 15.0 Å². The van der Waals surface area contributed by atoms with Crippen LogP contribution in [0.1, 0.15) is 5.56 Å². The van der Waals surface area contributed by atoms with Crippen molar-refractivity contribution in [3.63, 3.8) is 0 Å². The van der Waals surface area contributed by atoms with Gasteiger partial charge in [0.25, 0.3) is 0 Å². The number of aromatic nitrogens is 3. The number of nitrogens with two attached hydrogens (primary N) is 1. The summed E-state index contributed by atoms with van der Waals surface area (Å²) in [6.45, 7) is 0.547. The van der Waals surface area contributed by atoms with E-state index in [-0.39, 0.29) is 5.95 Å². The summed E-state index contributed by atoms with van der Waals surface area (Å²) >= 11 is 5.96. The Balaban J connectivity index is 1.71. The van der Waals surface area contributed by atoms with Crippen molar-refractivity contribution < 1.29 is 9.47 Å². The minimum Gasteiger partial charge on any atom is -0.493 e. The zero-order chi connectivity index (χ0) is 21.1. The lowest BCUT2D eigenvalue weighted by Gasteiger charge is -2.12. The third-order valence-electron chi connectivity index (χ3n) is 4.61. The minimum atomic E-state index is 0.182. The molecule has 0 unspecified atom stereocenters. The van der Waals surface area contributed by atoms with Gasteiger partial charge >= 0.3 is 0 Å². The summed E-state index contributed by atoms with van der Waals surface area (Å²) in [6, 6.07) is 17.0. The van der Waals surface area contributed by atoms with E-state index in [1.165, 1.54) is 0 Å². The molecule has 30 heavy (non-hydrogen) atoms. The first-order chi connectivity index (χ1) is 14.6. The molecule has 0 radical (unpaired) electrons. The highest BCUT2D eigenvalue weighted by Gasteiger charge is 2.12. The van der Waals surface area contributed by atoms with Crippen LogP contribution in [0.3, 0.4) is 0 Å². The average molecular weight is 422 g/mol. The number of ether oxygens (including phenoxy) is 2. The van der Waals surface area contributed by atoms with E-state index in [1.807, 2.05) is 54.6 Å². The number of hydrogen-bond acceptors (Lipinski definition) is 7. The largest absolute Gasteiger partial charge is 0.493 e. The molecule has 0 aliphatic rings. The summed E-state index contributed by atoms with van der Waals surface area (Å²) in [7, 11) is 3.21. The van der Waals surface area contributed by atoms with E-state index in [0.717, 1.165) is 16.8 Å². The van der Waals surface area contributed by atoms with Gasteiger partial charge in [0.2, 0.25) is 5.95 Å². The Morgan fingerprint density at radius 2 is 1.67 bits per heavy atom. The summed E-state index contributed by atoms with van der Waals surface area (Å²) in [5.74, 6) is 2.03. The second-order valence-electron chi connectivity index (χ2n) is 6.54. The van der Waals surface area contributed by atoms with Crippen LogP contribution in [0.4, 0.5) is 11.8 Å². The van der Waals surface area contributed by atoms with E-state index in [2.05, 4.69) is 15.3 Å². The Morgan fingerprint density at radius 1 is 0.900 bits per heavy atom. The van der Waals surface area contributed by atoms with Crippen molar-refractivity contribution in [3.8, 4) is 22.8 Å². The number of anilines is 2. The molecule has 2 heterocycles. The van der Waals surface area contributed by atoms with Crippen LogP contribution in [-0.2, 0) is 6.54 Å². The molecule has 2 aromatic carbocycles. The van der Waals surface area contributed by atoms with Gasteiger partial charge in [0, 0.05) is 17.1 Å². The molecule has 2 aromatic heterocycles. The normalized spacial score (nSPS) is 10.8. The van der Waals surface area contributed by atoms with E-state index in [4.69, 9.17) is 31.8 Å². The topological polar surface area (TPSA) is 95.2 Å². The number of pyridine rings is 1. The maximum Gasteiger partial charge on any atom is 0.222 e. The highest BCUT2D eigenvalue weighted by atomic mass is 35.5. The molecule has 0 spiro atoms. The van der Waals surface area contributed by atoms with Crippen molar-refractivity contribution in [2.45, 2.75) is 6.54 Å². The van der Waals surface area contributed by atoms with E-state index in [9.17, 15) is 0 Å². The number of benzene rings is 2. The van der Waals surface area contributed by atoms with E-state index in [1.54, 1.807) is 14.2 Å². The van der Waals surface area contributed by atoms with Gasteiger partial charge in [-0.05, 0) is 48.0 Å². The van der Waals surface area contributed by atoms with Gasteiger partial charge in [-0.25, -0.2) is 9.97 Å². The third-order valence-corrected chi connectivity index (χ3v) is 4.86. The SMILES string of the molecule is COc1ccc(-c2ccc3nc(N)nc(NCc4ccc(Cl)cc4)c3n2)cc1OC. The molecule has 0 saturated heterocycles. The molecular weight excluding hydrogens is 402 g/mol. The Kier molecular flexibility index (Phi) is 5.54. The number of rotatable bonds is 6. The molecule has 0 amide bonds. The van der Waals surface area contributed by atoms with Crippen molar-refractivity contribution in [1.29, 1.82) is 0 Å². The van der Waals surface area contributed by atoms with Crippen LogP contribution < -0.4 is 20.5 Å². The first kappa shape index (κ1) is 19.7. The predicted octanol–water partition coefficient (Wildman–Crippen LogP) is 4.56. The Bertz CT molecular complexity index is 1200. The van der Waals surface area contributed by atoms with Crippen molar-refractivity contribution in [2.24, 2.45) is 0 Å². The van der Waals surface area contributed by atoms with Crippen molar-refractivity contribution in [2.75, 3.05) is 25.3 Å². The van der Waals surface area contributed by atoms with Crippen molar-refractivity contribution in [3.05, 3.63) is 65.2 Å². The summed E-state index contributed by atoms with van der Waals surface area (Å²) < 4.78 is 10.7. The van der Waals surface area contributed by atoms with Crippen LogP contribution in [0.2, 0.25) is 5.02 Å². The fourth-order valence-corrected chi connectivity index (χ4v) is 3.23. The Morgan fingerprint density at radius 3 is 2.40 bits per heavy atom. The molecule has 4 rings (SSSR count). The molecule has 0 saturated carbocycles. The summed E-state index contributed by atoms with van der Waals surface area (Å²) in [4.78, 5) is 13.4. The van der Waals surface area contributed by atoms with E-state index < -0.39 is 0 Å². The Labute approximate surface area is 178 Å². The van der Waals surface area contributed by atoms with Gasteiger partial charge in [-0.3, -0.25) is 0 Å². The number of methoxy groups -OCH3 is 2. The second kappa shape index (κ2) is 8.42. The summed E-state index contributed by atoms with van der Waals surface area (Å²) in [5.41, 5.74) is 9.88. The number of nitrogens with zero attached hydrogens (tertiary/aromatic N) is 3. The Hall–Kier alpha value is -3.58. The average Bonchev–Trinajstić information content (AvgIpc) is 2.77. The molecule has 0 aliphatic carbocycles. The monoisotopic (exact) mass is 421 g/mol. The fourth-order valence-electron chi connectivity index (χ4n) is 3.10. The van der Waals surface area contributed by atoms with Gasteiger partial charge in [0.1, 0.15) is 5.52 Å². The zero-order valence-corrected chi connectivity index (χ0v) is 17.3. The zero-order valence-electron chi connectivity index (χ0n) is 16.5. The number of nitrogen functional groups attached to an aromatic ring is 1. The molecule has 0 atom stereocenters. The third kappa shape index (κ3) is 4.06. The lowest BCUT2D eigenvalue weighted by molar-refractivity contribution is 0.355. The highest BCUT2D eigenvalue weighted by Crippen LogP contribution is 2.32. The fraction of sp³-hybridized carbons (Fsp3) is 0.136. The standard InChI is InChI=1S/C22H20ClN5O2/c1-29-18-10-5-14(11-19(18)30-2)16-8-9-17-20(26-16)21(28-22(24)27-17)25-12-13-3-6-15(23)7-4-13/h3-11H,12H2,1-2H3,(H3,24,25,27,28). The molecule has 0 bridgehead atoms. The first-order valence-electron chi connectivity index (χ1n) is 9.22. The van der Waals surface area contributed by atoms with Gasteiger partial charge in [0.05, 0.1) is 25.4 Å². The van der Waals surface area contributed by atoms with Crippen LogP contribution >= 0.6 is 11.6 Å². The maximum atomic E-state index is 5.96. The van der Waals surface area contributed by atoms with Crippen LogP contribution in [0.15, 0.2) is 54.6 Å². The van der Waals surface area contributed by atoms with Crippen LogP contribution in [0, 0.1) is 0 Å². The van der Waals surface area contributed by atoms with E-state index >= 15 is 0 Å². The maximum absolute atomic E-state index is 5.96. The summed E-state index contributed by atoms with van der Waals surface area (Å²) in [6.07, 6.45) is 0. The quantitative estimate of drug-likeness (QED) is 0.471. The lowest BCUT2D eigenvalue weighted by Crippen LogP contribution is -2.06. The number of halogens is 1. The smallest absolute Gasteiger partial charge is 0.222 e. The highest BCUT2D eigenvalue weighted by molar-refractivity contribution is 6.30. The number of fused-ring (bicyclic) bond motifs is 1. The number of nitrogens with one attached hydrogen (secondary N) is 1. The van der Waals surface area contributed by atoms with Gasteiger partial charge in [-0.1, -0.05) is 23.7 Å². The molecule has 7 nitrogen and oxygen atoms in total. The van der Waals surface area contributed by atoms with Crippen molar-refractivity contribution >= 4 is 34.4 Å². The molecule has 0 fully saturated rings. The minimum absolute atomic E-state index is 0.182. The van der Waals surface area contributed by atoms with Gasteiger partial charge in [0.15, 0.2) is 17.3 Å². The van der Waals surface area contributed by atoms with Gasteiger partial charge in [-0.15, -0.1) is 0 Å². The van der Waals surface area contributed by atoms with Gasteiger partial charge < -0.3 is 20.5 Å². The molecule has 4 aromatic rings. The lowest BCUT2D eigenvalue weighted by atomic mass is 10.1. The molecule has 3 N–H and O–H groups in total. The molecule has 0 aliphatic heterocycles. The molecular formula is C22H20ClN5O2. The van der Waals surface area contributed by atoms with Crippen LogP contribution in [0.5, 0.6) is 11.5 Å². The molecule has 8 heteroatoms. The van der Waals surface area contributed by atoms with E-state index in [0.29, 0.717) is 39.9 Å². The second-order valence-corrected chi connectivity index (χ2v) is 6.98. The van der Waals surface area contributed by atoms with Crippen LogP contribution in [-0.4, -0.2) is 29.2 Å². The summed E-state index contributed by atoms with van der Waals surface area (Å²) in [5, 5.41) is 3.99. The predicted molar refractivity (Wildman–Crippen MR) is 119 cm³/mol. The van der Waals surface area contributed by atoms with Crippen LogP contribution in [0.25, 0.3) is 22.3 Å².